The van der Waals surface area contributed by atoms with E-state index in [0.29, 0.717) is 5.56 Å². The normalized spacial score (nSPS) is 12.4. The van der Waals surface area contributed by atoms with Crippen molar-refractivity contribution in [2.45, 2.75) is 10.9 Å². The molecule has 0 saturated carbocycles. The van der Waals surface area contributed by atoms with Gasteiger partial charge in [0.25, 0.3) is 5.69 Å². The number of nitrogens with one attached hydrogen (secondary N) is 1. The Morgan fingerprint density at radius 1 is 0.931 bits per heavy atom. The molecule has 0 spiro atoms. The largest absolute Gasteiger partial charge is 0.369 e. The minimum absolute atomic E-state index is 0.0342. The van der Waals surface area contributed by atoms with E-state index < -0.39 is 32.4 Å². The van der Waals surface area contributed by atoms with Crippen LogP contribution in [-0.2, 0) is 9.84 Å². The Morgan fingerprint density at radius 2 is 1.62 bits per heavy atom. The first-order valence-corrected chi connectivity index (χ1v) is 10.3. The average Bonchev–Trinajstić information content (AvgIpc) is 2.68. The van der Waals surface area contributed by atoms with Crippen molar-refractivity contribution in [2.75, 3.05) is 11.6 Å². The summed E-state index contributed by atoms with van der Waals surface area (Å²) < 4.78 is 51.1. The van der Waals surface area contributed by atoms with Gasteiger partial charge in [-0.15, -0.1) is 0 Å². The number of sulfone groups is 1. The van der Waals surface area contributed by atoms with E-state index in [9.17, 15) is 27.3 Å². The third-order valence-corrected chi connectivity index (χ3v) is 5.41. The van der Waals surface area contributed by atoms with Crippen molar-refractivity contribution in [3.8, 4) is 0 Å². The molecule has 0 amide bonds. The van der Waals surface area contributed by atoms with Crippen molar-refractivity contribution in [3.63, 3.8) is 0 Å². The van der Waals surface area contributed by atoms with E-state index in [0.717, 1.165) is 18.4 Å². The molecule has 0 aliphatic rings. The van der Waals surface area contributed by atoms with Crippen LogP contribution in [0.15, 0.2) is 71.6 Å². The lowest BCUT2D eigenvalue weighted by Gasteiger charge is -2.21. The van der Waals surface area contributed by atoms with Crippen molar-refractivity contribution in [3.05, 3.63) is 99.6 Å². The number of benzene rings is 3. The topological polar surface area (TPSA) is 89.3 Å². The van der Waals surface area contributed by atoms with Gasteiger partial charge in [0.15, 0.2) is 21.5 Å². The fraction of sp³-hybridized carbons (Fsp3) is 0.100. The van der Waals surface area contributed by atoms with Crippen LogP contribution in [0, 0.1) is 21.7 Å². The fourth-order valence-electron chi connectivity index (χ4n) is 2.89. The van der Waals surface area contributed by atoms with Crippen LogP contribution in [0.25, 0.3) is 0 Å². The average molecular weight is 418 g/mol. The van der Waals surface area contributed by atoms with E-state index >= 15 is 0 Å². The first-order valence-electron chi connectivity index (χ1n) is 8.42. The van der Waals surface area contributed by atoms with Gasteiger partial charge in [-0.05, 0) is 41.5 Å². The van der Waals surface area contributed by atoms with Gasteiger partial charge in [-0.2, -0.15) is 0 Å². The molecule has 3 aromatic rings. The lowest BCUT2D eigenvalue weighted by molar-refractivity contribution is -0.384. The second kappa shape index (κ2) is 7.96. The Kier molecular flexibility index (Phi) is 5.60. The van der Waals surface area contributed by atoms with Gasteiger partial charge in [-0.1, -0.05) is 30.3 Å². The van der Waals surface area contributed by atoms with Crippen LogP contribution in [0.5, 0.6) is 0 Å². The zero-order valence-electron chi connectivity index (χ0n) is 15.2. The predicted octanol–water partition coefficient (Wildman–Crippen LogP) is 4.48. The molecule has 3 aromatic carbocycles. The summed E-state index contributed by atoms with van der Waals surface area (Å²) in [5.74, 6) is -2.13. The second-order valence-electron chi connectivity index (χ2n) is 6.37. The van der Waals surface area contributed by atoms with Gasteiger partial charge >= 0.3 is 0 Å². The summed E-state index contributed by atoms with van der Waals surface area (Å²) in [5.41, 5.74) is 0.626. The molecule has 0 saturated heterocycles. The van der Waals surface area contributed by atoms with Gasteiger partial charge in [0.2, 0.25) is 0 Å². The molecule has 1 N–H and O–H groups in total. The molecular formula is C20H16F2N2O4S. The van der Waals surface area contributed by atoms with E-state index in [1.807, 2.05) is 0 Å². The highest BCUT2D eigenvalue weighted by Gasteiger charge is 2.22. The summed E-state index contributed by atoms with van der Waals surface area (Å²) >= 11 is 0. The van der Waals surface area contributed by atoms with Gasteiger partial charge < -0.3 is 5.32 Å². The second-order valence-corrected chi connectivity index (χ2v) is 8.39. The molecule has 29 heavy (non-hydrogen) atoms. The zero-order chi connectivity index (χ0) is 21.2. The van der Waals surface area contributed by atoms with Crippen molar-refractivity contribution < 1.29 is 22.1 Å². The van der Waals surface area contributed by atoms with Crippen LogP contribution >= 0.6 is 0 Å². The molecule has 9 heteroatoms. The Balaban J connectivity index is 2.15. The van der Waals surface area contributed by atoms with E-state index in [-0.39, 0.29) is 21.8 Å². The van der Waals surface area contributed by atoms with Crippen LogP contribution in [0.3, 0.4) is 0 Å². The van der Waals surface area contributed by atoms with Gasteiger partial charge in [0.05, 0.1) is 15.9 Å². The highest BCUT2D eigenvalue weighted by atomic mass is 32.2. The monoisotopic (exact) mass is 418 g/mol. The third kappa shape index (κ3) is 4.57. The van der Waals surface area contributed by atoms with Crippen LogP contribution in [-0.4, -0.2) is 19.6 Å². The molecule has 0 fully saturated rings. The molecule has 3 rings (SSSR count). The number of nitrogens with zero attached hydrogens (tertiary/aromatic N) is 1. The SMILES string of the molecule is CS(=O)(=O)c1cccc(C(Nc2ccccc2[N+](=O)[O-])c2ccc(F)c(F)c2)c1. The van der Waals surface area contributed by atoms with Gasteiger partial charge in [-0.3, -0.25) is 10.1 Å². The van der Waals surface area contributed by atoms with Crippen molar-refractivity contribution >= 4 is 21.2 Å². The van der Waals surface area contributed by atoms with Crippen LogP contribution in [0.2, 0.25) is 0 Å². The highest BCUT2D eigenvalue weighted by molar-refractivity contribution is 7.90. The molecule has 1 unspecified atom stereocenters. The zero-order valence-corrected chi connectivity index (χ0v) is 16.0. The predicted molar refractivity (Wildman–Crippen MR) is 104 cm³/mol. The number of anilines is 1. The first kappa shape index (κ1) is 20.4. The number of hydrogen-bond acceptors (Lipinski definition) is 5. The Bertz CT molecular complexity index is 1180. The van der Waals surface area contributed by atoms with Crippen LogP contribution in [0.4, 0.5) is 20.2 Å². The third-order valence-electron chi connectivity index (χ3n) is 4.30. The molecule has 0 heterocycles. The molecule has 6 nitrogen and oxygen atoms in total. The number of rotatable bonds is 6. The highest BCUT2D eigenvalue weighted by Crippen LogP contribution is 2.33. The number of halogens is 2. The lowest BCUT2D eigenvalue weighted by Crippen LogP contribution is -2.14. The van der Waals surface area contributed by atoms with Crippen LogP contribution in [0.1, 0.15) is 17.2 Å². The molecule has 0 bridgehead atoms. The van der Waals surface area contributed by atoms with Crippen molar-refractivity contribution in [1.82, 2.24) is 0 Å². The van der Waals surface area contributed by atoms with Crippen molar-refractivity contribution in [2.24, 2.45) is 0 Å². The Morgan fingerprint density at radius 3 is 2.28 bits per heavy atom. The number of hydrogen-bond donors (Lipinski definition) is 1. The Hall–Kier alpha value is -3.33. The minimum atomic E-state index is -3.52. The summed E-state index contributed by atoms with van der Waals surface area (Å²) in [6.07, 6.45) is 1.05. The van der Waals surface area contributed by atoms with Crippen molar-refractivity contribution in [1.29, 1.82) is 0 Å². The smallest absolute Gasteiger partial charge is 0.292 e. The number of nitro benzene ring substituents is 1. The maximum Gasteiger partial charge on any atom is 0.292 e. The Labute approximate surface area is 165 Å². The first-order chi connectivity index (χ1) is 13.7. The molecule has 0 aromatic heterocycles. The van der Waals surface area contributed by atoms with Crippen LogP contribution < -0.4 is 5.32 Å². The summed E-state index contributed by atoms with van der Waals surface area (Å²) in [4.78, 5) is 10.8. The molecule has 1 atom stereocenters. The van der Waals surface area contributed by atoms with E-state index in [4.69, 9.17) is 0 Å². The maximum atomic E-state index is 13.9. The summed E-state index contributed by atoms with van der Waals surface area (Å²) in [6, 6.07) is 14.2. The summed E-state index contributed by atoms with van der Waals surface area (Å²) in [6.45, 7) is 0. The maximum absolute atomic E-state index is 13.9. The number of para-hydroxylation sites is 2. The fourth-order valence-corrected chi connectivity index (χ4v) is 3.56. The quantitative estimate of drug-likeness (QED) is 0.471. The number of nitro groups is 1. The molecule has 0 radical (unpaired) electrons. The van der Waals surface area contributed by atoms with Gasteiger partial charge in [-0.25, -0.2) is 17.2 Å². The van der Waals surface area contributed by atoms with E-state index in [1.54, 1.807) is 12.1 Å². The summed E-state index contributed by atoms with van der Waals surface area (Å²) in [7, 11) is -3.52. The summed E-state index contributed by atoms with van der Waals surface area (Å²) in [5, 5.41) is 14.3. The molecular weight excluding hydrogens is 402 g/mol. The van der Waals surface area contributed by atoms with Gasteiger partial charge in [0.1, 0.15) is 5.69 Å². The lowest BCUT2D eigenvalue weighted by atomic mass is 9.98. The van der Waals surface area contributed by atoms with E-state index in [2.05, 4.69) is 5.32 Å². The molecule has 0 aliphatic heterocycles. The minimum Gasteiger partial charge on any atom is -0.369 e. The van der Waals surface area contributed by atoms with Gasteiger partial charge in [0, 0.05) is 12.3 Å². The molecule has 150 valence electrons. The standard InChI is InChI=1S/C20H16F2N2O4S/c1-29(27,28)15-6-4-5-13(11-15)20(14-9-10-16(21)17(22)12-14)23-18-7-2-3-8-19(18)24(25)26/h2-12,20,23H,1H3. The van der Waals surface area contributed by atoms with E-state index in [1.165, 1.54) is 42.5 Å². The molecule has 0 aliphatic carbocycles.